The Labute approximate surface area is 151 Å². The predicted octanol–water partition coefficient (Wildman–Crippen LogP) is 4.01. The Morgan fingerprint density at radius 3 is 1.92 bits per heavy atom. The SMILES string of the molecule is CC1CCN(C(C)C(=O)NC(c2ccccc2)c2ccccc2)CC1. The molecule has 1 fully saturated rings. The fourth-order valence-electron chi connectivity index (χ4n) is 3.49. The van der Waals surface area contributed by atoms with Crippen molar-refractivity contribution in [3.05, 3.63) is 71.8 Å². The van der Waals surface area contributed by atoms with E-state index < -0.39 is 0 Å². The van der Waals surface area contributed by atoms with Gasteiger partial charge in [0.05, 0.1) is 12.1 Å². The molecule has 1 amide bonds. The van der Waals surface area contributed by atoms with Gasteiger partial charge in [0.2, 0.25) is 5.91 Å². The zero-order chi connectivity index (χ0) is 17.6. The number of nitrogens with one attached hydrogen (secondary N) is 1. The van der Waals surface area contributed by atoms with E-state index >= 15 is 0 Å². The first-order valence-corrected chi connectivity index (χ1v) is 9.29. The molecule has 0 spiro atoms. The molecule has 1 heterocycles. The van der Waals surface area contributed by atoms with Gasteiger partial charge in [-0.3, -0.25) is 9.69 Å². The Morgan fingerprint density at radius 1 is 0.960 bits per heavy atom. The lowest BCUT2D eigenvalue weighted by molar-refractivity contribution is -0.127. The van der Waals surface area contributed by atoms with Crippen LogP contribution in [0.1, 0.15) is 43.9 Å². The Balaban J connectivity index is 1.75. The summed E-state index contributed by atoms with van der Waals surface area (Å²) in [5.74, 6) is 0.875. The van der Waals surface area contributed by atoms with Gasteiger partial charge < -0.3 is 5.32 Å². The number of hydrogen-bond donors (Lipinski definition) is 1. The van der Waals surface area contributed by atoms with Gasteiger partial charge in [-0.15, -0.1) is 0 Å². The zero-order valence-electron chi connectivity index (χ0n) is 15.2. The number of piperidine rings is 1. The molecule has 0 aromatic heterocycles. The van der Waals surface area contributed by atoms with Crippen LogP contribution in [0.5, 0.6) is 0 Å². The van der Waals surface area contributed by atoms with Gasteiger partial charge in [-0.1, -0.05) is 67.6 Å². The molecule has 1 saturated heterocycles. The van der Waals surface area contributed by atoms with Crippen LogP contribution in [0.25, 0.3) is 0 Å². The van der Waals surface area contributed by atoms with Crippen LogP contribution in [0.2, 0.25) is 0 Å². The molecule has 3 heteroatoms. The van der Waals surface area contributed by atoms with Crippen molar-refractivity contribution in [2.45, 2.75) is 38.8 Å². The first-order valence-electron chi connectivity index (χ1n) is 9.29. The summed E-state index contributed by atoms with van der Waals surface area (Å²) in [5.41, 5.74) is 2.23. The molecule has 1 aliphatic heterocycles. The molecule has 0 aliphatic carbocycles. The molecule has 1 unspecified atom stereocenters. The second-order valence-corrected chi connectivity index (χ2v) is 7.16. The maximum Gasteiger partial charge on any atom is 0.237 e. The molecule has 0 bridgehead atoms. The number of amides is 1. The monoisotopic (exact) mass is 336 g/mol. The van der Waals surface area contributed by atoms with Gasteiger partial charge >= 0.3 is 0 Å². The van der Waals surface area contributed by atoms with E-state index in [2.05, 4.69) is 41.4 Å². The second kappa shape index (κ2) is 8.30. The third kappa shape index (κ3) is 4.49. The van der Waals surface area contributed by atoms with Crippen molar-refractivity contribution >= 4 is 5.91 Å². The average Bonchev–Trinajstić information content (AvgIpc) is 2.67. The summed E-state index contributed by atoms with van der Waals surface area (Å²) < 4.78 is 0. The lowest BCUT2D eigenvalue weighted by atomic mass is 9.97. The number of rotatable bonds is 5. The third-order valence-electron chi connectivity index (χ3n) is 5.30. The number of carbonyl (C=O) groups excluding carboxylic acids is 1. The normalized spacial score (nSPS) is 17.4. The lowest BCUT2D eigenvalue weighted by Gasteiger charge is -2.35. The topological polar surface area (TPSA) is 32.3 Å². The van der Waals surface area contributed by atoms with Crippen LogP contribution in [-0.2, 0) is 4.79 Å². The van der Waals surface area contributed by atoms with Crippen molar-refractivity contribution in [2.75, 3.05) is 13.1 Å². The highest BCUT2D eigenvalue weighted by molar-refractivity contribution is 5.82. The Hall–Kier alpha value is -2.13. The van der Waals surface area contributed by atoms with Crippen LogP contribution in [0.4, 0.5) is 0 Å². The van der Waals surface area contributed by atoms with Gasteiger partial charge in [-0.2, -0.15) is 0 Å². The smallest absolute Gasteiger partial charge is 0.237 e. The van der Waals surface area contributed by atoms with Crippen molar-refractivity contribution in [2.24, 2.45) is 5.92 Å². The average molecular weight is 336 g/mol. The van der Waals surface area contributed by atoms with E-state index in [4.69, 9.17) is 0 Å². The van der Waals surface area contributed by atoms with Crippen LogP contribution >= 0.6 is 0 Å². The van der Waals surface area contributed by atoms with Gasteiger partial charge in [-0.05, 0) is 49.9 Å². The van der Waals surface area contributed by atoms with Crippen LogP contribution in [-0.4, -0.2) is 29.9 Å². The maximum atomic E-state index is 12.9. The summed E-state index contributed by atoms with van der Waals surface area (Å²) in [5, 5.41) is 3.28. The number of nitrogens with zero attached hydrogens (tertiary/aromatic N) is 1. The molecule has 2 aromatic carbocycles. The van der Waals surface area contributed by atoms with Gasteiger partial charge in [-0.25, -0.2) is 0 Å². The Bertz CT molecular complexity index is 623. The third-order valence-corrected chi connectivity index (χ3v) is 5.30. The molecule has 132 valence electrons. The highest BCUT2D eigenvalue weighted by atomic mass is 16.2. The standard InChI is InChI=1S/C22H28N2O/c1-17-13-15-24(16-14-17)18(2)22(25)23-21(19-9-5-3-6-10-19)20-11-7-4-8-12-20/h3-12,17-18,21H,13-16H2,1-2H3,(H,23,25). The second-order valence-electron chi connectivity index (χ2n) is 7.16. The van der Waals surface area contributed by atoms with E-state index in [9.17, 15) is 4.79 Å². The largest absolute Gasteiger partial charge is 0.344 e. The van der Waals surface area contributed by atoms with Gasteiger partial charge in [0.25, 0.3) is 0 Å². The molecule has 25 heavy (non-hydrogen) atoms. The summed E-state index contributed by atoms with van der Waals surface area (Å²) in [6.45, 7) is 6.34. The van der Waals surface area contributed by atoms with Gasteiger partial charge in [0.1, 0.15) is 0 Å². The Kier molecular flexibility index (Phi) is 5.87. The zero-order valence-corrected chi connectivity index (χ0v) is 15.2. The van der Waals surface area contributed by atoms with Crippen molar-refractivity contribution in [3.8, 4) is 0 Å². The van der Waals surface area contributed by atoms with Gasteiger partial charge in [0, 0.05) is 0 Å². The van der Waals surface area contributed by atoms with Crippen LogP contribution in [0.3, 0.4) is 0 Å². The summed E-state index contributed by atoms with van der Waals surface area (Å²) in [7, 11) is 0. The first-order chi connectivity index (χ1) is 12.1. The minimum atomic E-state index is -0.110. The van der Waals surface area contributed by atoms with Crippen LogP contribution in [0.15, 0.2) is 60.7 Å². The molecule has 2 aromatic rings. The fourth-order valence-corrected chi connectivity index (χ4v) is 3.49. The predicted molar refractivity (Wildman–Crippen MR) is 102 cm³/mol. The fraction of sp³-hybridized carbons (Fsp3) is 0.409. The molecule has 0 radical (unpaired) electrons. The van der Waals surface area contributed by atoms with E-state index in [0.29, 0.717) is 0 Å². The summed E-state index contributed by atoms with van der Waals surface area (Å²) in [6.07, 6.45) is 2.36. The minimum absolute atomic E-state index is 0.0950. The number of carbonyl (C=O) groups is 1. The van der Waals surface area contributed by atoms with Crippen molar-refractivity contribution in [1.29, 1.82) is 0 Å². The van der Waals surface area contributed by atoms with Crippen LogP contribution in [0, 0.1) is 5.92 Å². The molecular formula is C22H28N2O. The first kappa shape index (κ1) is 17.7. The number of hydrogen-bond acceptors (Lipinski definition) is 2. The van der Waals surface area contributed by atoms with E-state index in [1.165, 1.54) is 12.8 Å². The molecular weight excluding hydrogens is 308 g/mol. The minimum Gasteiger partial charge on any atom is -0.344 e. The molecule has 3 rings (SSSR count). The molecule has 1 N–H and O–H groups in total. The van der Waals surface area contributed by atoms with E-state index in [1.54, 1.807) is 0 Å². The Morgan fingerprint density at radius 2 is 1.44 bits per heavy atom. The lowest BCUT2D eigenvalue weighted by Crippen LogP contribution is -2.48. The quantitative estimate of drug-likeness (QED) is 0.894. The molecule has 1 atom stereocenters. The van der Waals surface area contributed by atoms with E-state index in [0.717, 1.165) is 30.1 Å². The van der Waals surface area contributed by atoms with E-state index in [1.807, 2.05) is 43.3 Å². The molecule has 1 aliphatic rings. The van der Waals surface area contributed by atoms with Crippen LogP contribution < -0.4 is 5.32 Å². The van der Waals surface area contributed by atoms with Crippen molar-refractivity contribution in [1.82, 2.24) is 10.2 Å². The summed E-state index contributed by atoms with van der Waals surface area (Å²) in [4.78, 5) is 15.2. The number of benzene rings is 2. The number of likely N-dealkylation sites (tertiary alicyclic amines) is 1. The maximum absolute atomic E-state index is 12.9. The highest BCUT2D eigenvalue weighted by Gasteiger charge is 2.27. The molecule has 0 saturated carbocycles. The summed E-state index contributed by atoms with van der Waals surface area (Å²) >= 11 is 0. The van der Waals surface area contributed by atoms with E-state index in [-0.39, 0.29) is 18.0 Å². The van der Waals surface area contributed by atoms with Crippen molar-refractivity contribution < 1.29 is 4.79 Å². The van der Waals surface area contributed by atoms with Gasteiger partial charge in [0.15, 0.2) is 0 Å². The summed E-state index contributed by atoms with van der Waals surface area (Å²) in [6, 6.07) is 20.2. The highest BCUT2D eigenvalue weighted by Crippen LogP contribution is 2.23. The molecule has 3 nitrogen and oxygen atoms in total. The van der Waals surface area contributed by atoms with Crippen molar-refractivity contribution in [3.63, 3.8) is 0 Å².